The van der Waals surface area contributed by atoms with Crippen molar-refractivity contribution in [1.82, 2.24) is 5.32 Å². The van der Waals surface area contributed by atoms with Gasteiger partial charge in [0.05, 0.1) is 0 Å². The highest BCUT2D eigenvalue weighted by atomic mass is 16.6. The van der Waals surface area contributed by atoms with Gasteiger partial charge in [-0.2, -0.15) is 0 Å². The number of hydrogen-bond donors (Lipinski definition) is 1. The molecule has 1 amide bonds. The van der Waals surface area contributed by atoms with Crippen molar-refractivity contribution in [3.8, 4) is 0 Å². The lowest BCUT2D eigenvalue weighted by Gasteiger charge is -2.28. The van der Waals surface area contributed by atoms with Crippen molar-refractivity contribution in [3.63, 3.8) is 0 Å². The summed E-state index contributed by atoms with van der Waals surface area (Å²) < 4.78 is 5.35. The molecule has 114 valence electrons. The summed E-state index contributed by atoms with van der Waals surface area (Å²) in [5, 5.41) is 2.86. The highest BCUT2D eigenvalue weighted by molar-refractivity contribution is 5.68. The van der Waals surface area contributed by atoms with Gasteiger partial charge in [-0.05, 0) is 24.8 Å². The zero-order valence-electron chi connectivity index (χ0n) is 13.9. The van der Waals surface area contributed by atoms with Gasteiger partial charge in [0, 0.05) is 6.04 Å². The minimum Gasteiger partial charge on any atom is -0.442 e. The third-order valence-electron chi connectivity index (χ3n) is 3.19. The van der Waals surface area contributed by atoms with E-state index >= 15 is 0 Å². The lowest BCUT2D eigenvalue weighted by molar-refractivity contribution is 0.0981. The normalized spacial score (nSPS) is 13.6. The SMILES string of the molecule is CC.CC(OC(=O)NC(C)C(C)(C)C)c1ccccc1. The molecule has 0 aromatic heterocycles. The molecule has 20 heavy (non-hydrogen) atoms. The van der Waals surface area contributed by atoms with Crippen LogP contribution in [0, 0.1) is 5.41 Å². The molecular weight excluding hydrogens is 250 g/mol. The molecule has 1 aromatic carbocycles. The van der Waals surface area contributed by atoms with Crippen LogP contribution in [0.15, 0.2) is 30.3 Å². The number of carbonyl (C=O) groups excluding carboxylic acids is 1. The molecule has 1 N–H and O–H groups in total. The second-order valence-electron chi connectivity index (χ2n) is 5.69. The molecule has 3 nitrogen and oxygen atoms in total. The maximum absolute atomic E-state index is 11.8. The van der Waals surface area contributed by atoms with Crippen LogP contribution in [0.3, 0.4) is 0 Å². The quantitative estimate of drug-likeness (QED) is 0.851. The second kappa shape index (κ2) is 8.62. The van der Waals surface area contributed by atoms with Crippen molar-refractivity contribution < 1.29 is 9.53 Å². The molecule has 3 heteroatoms. The average Bonchev–Trinajstić information content (AvgIpc) is 2.40. The first-order chi connectivity index (χ1) is 9.30. The largest absolute Gasteiger partial charge is 0.442 e. The Bertz CT molecular complexity index is 382. The van der Waals surface area contributed by atoms with Crippen LogP contribution in [0.1, 0.15) is 60.1 Å². The van der Waals surface area contributed by atoms with Gasteiger partial charge < -0.3 is 10.1 Å². The maximum atomic E-state index is 11.8. The van der Waals surface area contributed by atoms with Gasteiger partial charge in [-0.25, -0.2) is 4.79 Å². The van der Waals surface area contributed by atoms with Crippen molar-refractivity contribution >= 4 is 6.09 Å². The number of benzene rings is 1. The lowest BCUT2D eigenvalue weighted by Crippen LogP contribution is -2.41. The van der Waals surface area contributed by atoms with Crippen molar-refractivity contribution in [2.24, 2.45) is 5.41 Å². The van der Waals surface area contributed by atoms with Crippen LogP contribution in [0.25, 0.3) is 0 Å². The van der Waals surface area contributed by atoms with E-state index in [1.54, 1.807) is 0 Å². The number of nitrogens with one attached hydrogen (secondary N) is 1. The molecule has 0 aliphatic carbocycles. The molecular formula is C17H29NO2. The third kappa shape index (κ3) is 6.60. The molecule has 0 saturated heterocycles. The Morgan fingerprint density at radius 2 is 1.60 bits per heavy atom. The summed E-state index contributed by atoms with van der Waals surface area (Å²) in [6.45, 7) is 14.1. The van der Waals surface area contributed by atoms with Gasteiger partial charge >= 0.3 is 6.09 Å². The van der Waals surface area contributed by atoms with Crippen molar-refractivity contribution in [2.75, 3.05) is 0 Å². The van der Waals surface area contributed by atoms with Crippen LogP contribution < -0.4 is 5.32 Å². The molecule has 1 aromatic rings. The van der Waals surface area contributed by atoms with Gasteiger partial charge in [-0.15, -0.1) is 0 Å². The molecule has 0 aliphatic heterocycles. The number of alkyl carbamates (subject to hydrolysis) is 1. The molecule has 0 heterocycles. The van der Waals surface area contributed by atoms with Gasteiger partial charge in [-0.3, -0.25) is 0 Å². The van der Waals surface area contributed by atoms with E-state index in [2.05, 4.69) is 26.1 Å². The molecule has 2 atom stereocenters. The molecule has 2 unspecified atom stereocenters. The van der Waals surface area contributed by atoms with E-state index in [1.165, 1.54) is 0 Å². The first kappa shape index (κ1) is 18.5. The van der Waals surface area contributed by atoms with Crippen molar-refractivity contribution in [2.45, 2.75) is 60.6 Å². The molecule has 0 radical (unpaired) electrons. The number of carbonyl (C=O) groups is 1. The number of hydrogen-bond acceptors (Lipinski definition) is 2. The highest BCUT2D eigenvalue weighted by Gasteiger charge is 2.23. The first-order valence-electron chi connectivity index (χ1n) is 7.33. The van der Waals surface area contributed by atoms with Crippen molar-refractivity contribution in [3.05, 3.63) is 35.9 Å². The number of ether oxygens (including phenoxy) is 1. The van der Waals surface area contributed by atoms with Crippen LogP contribution >= 0.6 is 0 Å². The predicted octanol–water partition coefficient (Wildman–Crippen LogP) is 4.93. The molecule has 0 spiro atoms. The molecule has 0 bridgehead atoms. The number of rotatable bonds is 3. The van der Waals surface area contributed by atoms with Crippen LogP contribution in [-0.2, 0) is 4.74 Å². The van der Waals surface area contributed by atoms with Gasteiger partial charge in [0.1, 0.15) is 6.10 Å². The van der Waals surface area contributed by atoms with Gasteiger partial charge in [-0.1, -0.05) is 65.0 Å². The average molecular weight is 279 g/mol. The fourth-order valence-electron chi connectivity index (χ4n) is 1.38. The first-order valence-corrected chi connectivity index (χ1v) is 7.33. The summed E-state index contributed by atoms with van der Waals surface area (Å²) >= 11 is 0. The Morgan fingerprint density at radius 1 is 1.10 bits per heavy atom. The molecule has 0 aliphatic rings. The van der Waals surface area contributed by atoms with E-state index in [4.69, 9.17) is 4.74 Å². The Hall–Kier alpha value is -1.51. The van der Waals surface area contributed by atoms with Crippen LogP contribution in [0.4, 0.5) is 4.79 Å². The van der Waals surface area contributed by atoms with Gasteiger partial charge in [0.15, 0.2) is 0 Å². The standard InChI is InChI=1S/C15H23NO2.C2H6/c1-11(13-9-7-6-8-10-13)18-14(17)16-12(2)15(3,4)5;1-2/h6-12H,1-5H3,(H,16,17);1-2H3. The summed E-state index contributed by atoms with van der Waals surface area (Å²) in [4.78, 5) is 11.8. The van der Waals surface area contributed by atoms with Gasteiger partial charge in [0.2, 0.25) is 0 Å². The summed E-state index contributed by atoms with van der Waals surface area (Å²) in [6, 6.07) is 9.78. The van der Waals surface area contributed by atoms with Gasteiger partial charge in [0.25, 0.3) is 0 Å². The van der Waals surface area contributed by atoms with E-state index < -0.39 is 0 Å². The van der Waals surface area contributed by atoms with E-state index in [0.717, 1.165) is 5.56 Å². The zero-order valence-corrected chi connectivity index (χ0v) is 13.9. The third-order valence-corrected chi connectivity index (χ3v) is 3.19. The number of amides is 1. The minimum absolute atomic E-state index is 0.0228. The summed E-state index contributed by atoms with van der Waals surface area (Å²) in [6.07, 6.45) is -0.604. The predicted molar refractivity (Wildman–Crippen MR) is 84.7 cm³/mol. The molecule has 1 rings (SSSR count). The fraction of sp³-hybridized carbons (Fsp3) is 0.588. The van der Waals surface area contributed by atoms with E-state index in [0.29, 0.717) is 0 Å². The Kier molecular flexibility index (Phi) is 7.97. The fourth-order valence-corrected chi connectivity index (χ4v) is 1.38. The van der Waals surface area contributed by atoms with E-state index in [-0.39, 0.29) is 23.7 Å². The van der Waals surface area contributed by atoms with Crippen LogP contribution in [0.2, 0.25) is 0 Å². The Morgan fingerprint density at radius 3 is 2.05 bits per heavy atom. The Labute approximate surface area is 123 Å². The highest BCUT2D eigenvalue weighted by Crippen LogP contribution is 2.20. The molecule has 0 saturated carbocycles. The van der Waals surface area contributed by atoms with Crippen LogP contribution in [-0.4, -0.2) is 12.1 Å². The van der Waals surface area contributed by atoms with Crippen LogP contribution in [0.5, 0.6) is 0 Å². The smallest absolute Gasteiger partial charge is 0.407 e. The minimum atomic E-state index is -0.367. The second-order valence-corrected chi connectivity index (χ2v) is 5.69. The van der Waals surface area contributed by atoms with E-state index in [9.17, 15) is 4.79 Å². The zero-order chi connectivity index (χ0) is 15.8. The van der Waals surface area contributed by atoms with Crippen molar-refractivity contribution in [1.29, 1.82) is 0 Å². The summed E-state index contributed by atoms with van der Waals surface area (Å²) in [7, 11) is 0. The van der Waals surface area contributed by atoms with E-state index in [1.807, 2.05) is 58.0 Å². The summed E-state index contributed by atoms with van der Waals surface area (Å²) in [5.74, 6) is 0. The summed E-state index contributed by atoms with van der Waals surface area (Å²) in [5.41, 5.74) is 1.02. The Balaban J connectivity index is 0.00000172. The lowest BCUT2D eigenvalue weighted by atomic mass is 9.88. The topological polar surface area (TPSA) is 38.3 Å². The maximum Gasteiger partial charge on any atom is 0.407 e. The monoisotopic (exact) mass is 279 g/mol. The molecule has 0 fully saturated rings.